The maximum Gasteiger partial charge on any atom is 0.251 e. The maximum atomic E-state index is 12.4. The van der Waals surface area contributed by atoms with Crippen LogP contribution < -0.4 is 15.4 Å². The van der Waals surface area contributed by atoms with Gasteiger partial charge >= 0.3 is 0 Å². The summed E-state index contributed by atoms with van der Waals surface area (Å²) in [5.74, 6) is 0.279. The molecule has 1 saturated carbocycles. The van der Waals surface area contributed by atoms with E-state index in [0.29, 0.717) is 23.7 Å². The second-order valence-corrected chi connectivity index (χ2v) is 8.65. The summed E-state index contributed by atoms with van der Waals surface area (Å²) in [5.41, 5.74) is 1.83. The number of carbonyl (C=O) groups is 2. The number of nitrogens with one attached hydrogen (secondary N) is 3. The van der Waals surface area contributed by atoms with Crippen molar-refractivity contribution in [3.8, 4) is 0 Å². The van der Waals surface area contributed by atoms with E-state index in [2.05, 4.69) is 15.4 Å². The Bertz CT molecular complexity index is 950. The van der Waals surface area contributed by atoms with Gasteiger partial charge in [-0.2, -0.15) is 0 Å². The molecule has 8 heteroatoms. The molecular weight excluding hydrogens is 378 g/mol. The van der Waals surface area contributed by atoms with Gasteiger partial charge in [-0.15, -0.1) is 0 Å². The van der Waals surface area contributed by atoms with Crippen molar-refractivity contribution in [3.63, 3.8) is 0 Å². The minimum absolute atomic E-state index is 0.109. The second-order valence-electron chi connectivity index (χ2n) is 6.88. The van der Waals surface area contributed by atoms with Crippen LogP contribution in [0.3, 0.4) is 0 Å². The summed E-state index contributed by atoms with van der Waals surface area (Å²) >= 11 is 0. The normalized spacial score (nSPS) is 13.8. The molecule has 28 heavy (non-hydrogen) atoms. The second kappa shape index (κ2) is 8.53. The summed E-state index contributed by atoms with van der Waals surface area (Å²) in [7, 11) is -3.68. The molecule has 0 radical (unpaired) electrons. The lowest BCUT2D eigenvalue weighted by Gasteiger charge is -2.09. The Labute approximate surface area is 164 Å². The predicted molar refractivity (Wildman–Crippen MR) is 106 cm³/mol. The molecule has 1 aliphatic carbocycles. The standard InChI is InChI=1S/C20H23N3O4S/c1-14(24)23-18-8-10-19(11-9-18)28(26,27)22-13-16-4-6-17(7-5-16)20(25)21-12-15-2-3-15/h4-11,15,22H,2-3,12-13H2,1H3,(H,21,25)(H,23,24). The van der Waals surface area contributed by atoms with E-state index in [-0.39, 0.29) is 23.3 Å². The van der Waals surface area contributed by atoms with Crippen LogP contribution in [0, 0.1) is 5.92 Å². The highest BCUT2D eigenvalue weighted by atomic mass is 32.2. The van der Waals surface area contributed by atoms with Crippen molar-refractivity contribution in [2.24, 2.45) is 5.92 Å². The van der Waals surface area contributed by atoms with Gasteiger partial charge in [0.15, 0.2) is 0 Å². The fourth-order valence-electron chi connectivity index (χ4n) is 2.62. The van der Waals surface area contributed by atoms with Crippen molar-refractivity contribution in [2.75, 3.05) is 11.9 Å². The molecule has 3 N–H and O–H groups in total. The Morgan fingerprint density at radius 3 is 2.21 bits per heavy atom. The molecule has 0 spiro atoms. The average Bonchev–Trinajstić information content (AvgIpc) is 3.49. The van der Waals surface area contributed by atoms with Gasteiger partial charge in [-0.1, -0.05) is 12.1 Å². The summed E-state index contributed by atoms with van der Waals surface area (Å²) in [4.78, 5) is 23.2. The fraction of sp³-hybridized carbons (Fsp3) is 0.300. The van der Waals surface area contributed by atoms with Crippen molar-refractivity contribution >= 4 is 27.5 Å². The first-order chi connectivity index (χ1) is 13.3. The highest BCUT2D eigenvalue weighted by molar-refractivity contribution is 7.89. The van der Waals surface area contributed by atoms with Crippen LogP contribution in [0.1, 0.15) is 35.7 Å². The summed E-state index contributed by atoms with van der Waals surface area (Å²) < 4.78 is 27.3. The highest BCUT2D eigenvalue weighted by Gasteiger charge is 2.21. The van der Waals surface area contributed by atoms with E-state index in [1.165, 1.54) is 44.0 Å². The first-order valence-electron chi connectivity index (χ1n) is 9.08. The Morgan fingerprint density at radius 2 is 1.64 bits per heavy atom. The third-order valence-electron chi connectivity index (χ3n) is 4.42. The van der Waals surface area contributed by atoms with Crippen LogP contribution in [0.4, 0.5) is 5.69 Å². The van der Waals surface area contributed by atoms with Gasteiger partial charge in [0.25, 0.3) is 5.91 Å². The molecular formula is C20H23N3O4S. The number of hydrogen-bond donors (Lipinski definition) is 3. The molecule has 0 unspecified atom stereocenters. The molecule has 2 aromatic rings. The van der Waals surface area contributed by atoms with Crippen LogP contribution in [0.15, 0.2) is 53.4 Å². The van der Waals surface area contributed by atoms with Crippen molar-refractivity contribution in [3.05, 3.63) is 59.7 Å². The number of hydrogen-bond acceptors (Lipinski definition) is 4. The molecule has 2 aromatic carbocycles. The zero-order valence-electron chi connectivity index (χ0n) is 15.6. The number of sulfonamides is 1. The molecule has 1 aliphatic rings. The smallest absolute Gasteiger partial charge is 0.251 e. The minimum Gasteiger partial charge on any atom is -0.352 e. The summed E-state index contributed by atoms with van der Waals surface area (Å²) in [5, 5.41) is 5.49. The predicted octanol–water partition coefficient (Wildman–Crippen LogP) is 2.26. The number of amides is 2. The lowest BCUT2D eigenvalue weighted by Crippen LogP contribution is -2.25. The molecule has 0 aliphatic heterocycles. The number of anilines is 1. The Balaban J connectivity index is 1.56. The van der Waals surface area contributed by atoms with E-state index in [1.807, 2.05) is 0 Å². The van der Waals surface area contributed by atoms with E-state index >= 15 is 0 Å². The van der Waals surface area contributed by atoms with Gasteiger partial charge in [0.05, 0.1) is 4.90 Å². The van der Waals surface area contributed by atoms with Gasteiger partial charge in [0, 0.05) is 31.3 Å². The Kier molecular flexibility index (Phi) is 6.11. The molecule has 148 valence electrons. The van der Waals surface area contributed by atoms with E-state index in [9.17, 15) is 18.0 Å². The highest BCUT2D eigenvalue weighted by Crippen LogP contribution is 2.27. The quantitative estimate of drug-likeness (QED) is 0.631. The number of benzene rings is 2. The van der Waals surface area contributed by atoms with Crippen LogP contribution in [0.25, 0.3) is 0 Å². The summed E-state index contributed by atoms with van der Waals surface area (Å²) in [6.07, 6.45) is 2.35. The van der Waals surface area contributed by atoms with Crippen LogP contribution in [-0.2, 0) is 21.4 Å². The van der Waals surface area contributed by atoms with Gasteiger partial charge in [-0.05, 0) is 60.7 Å². The van der Waals surface area contributed by atoms with Gasteiger partial charge in [0.2, 0.25) is 15.9 Å². The van der Waals surface area contributed by atoms with E-state index in [4.69, 9.17) is 0 Å². The third-order valence-corrected chi connectivity index (χ3v) is 5.83. The molecule has 7 nitrogen and oxygen atoms in total. The molecule has 0 bridgehead atoms. The van der Waals surface area contributed by atoms with Gasteiger partial charge in [-0.25, -0.2) is 13.1 Å². The van der Waals surface area contributed by atoms with E-state index in [1.54, 1.807) is 24.3 Å². The first kappa shape index (κ1) is 20.0. The molecule has 0 aromatic heterocycles. The lowest BCUT2D eigenvalue weighted by molar-refractivity contribution is -0.114. The Hall–Kier alpha value is -2.71. The number of carbonyl (C=O) groups excluding carboxylic acids is 2. The SMILES string of the molecule is CC(=O)Nc1ccc(S(=O)(=O)NCc2ccc(C(=O)NCC3CC3)cc2)cc1. The van der Waals surface area contributed by atoms with Crippen molar-refractivity contribution in [2.45, 2.75) is 31.2 Å². The van der Waals surface area contributed by atoms with Crippen molar-refractivity contribution < 1.29 is 18.0 Å². The summed E-state index contributed by atoms with van der Waals surface area (Å²) in [6.45, 7) is 2.20. The van der Waals surface area contributed by atoms with Crippen LogP contribution >= 0.6 is 0 Å². The topological polar surface area (TPSA) is 104 Å². The van der Waals surface area contributed by atoms with Gasteiger partial charge in [-0.3, -0.25) is 9.59 Å². The number of rotatable bonds is 8. The van der Waals surface area contributed by atoms with Crippen LogP contribution in [0.5, 0.6) is 0 Å². The first-order valence-corrected chi connectivity index (χ1v) is 10.6. The van der Waals surface area contributed by atoms with Crippen molar-refractivity contribution in [1.29, 1.82) is 0 Å². The lowest BCUT2D eigenvalue weighted by atomic mass is 10.1. The Morgan fingerprint density at radius 1 is 1.00 bits per heavy atom. The zero-order chi connectivity index (χ0) is 20.1. The zero-order valence-corrected chi connectivity index (χ0v) is 16.4. The van der Waals surface area contributed by atoms with Crippen LogP contribution in [0.2, 0.25) is 0 Å². The molecule has 0 atom stereocenters. The van der Waals surface area contributed by atoms with E-state index in [0.717, 1.165) is 5.56 Å². The minimum atomic E-state index is -3.68. The summed E-state index contributed by atoms with van der Waals surface area (Å²) in [6, 6.07) is 12.8. The molecule has 0 heterocycles. The largest absolute Gasteiger partial charge is 0.352 e. The van der Waals surface area contributed by atoms with Gasteiger partial charge in [0.1, 0.15) is 0 Å². The average molecular weight is 401 g/mol. The maximum absolute atomic E-state index is 12.4. The van der Waals surface area contributed by atoms with Crippen LogP contribution in [-0.4, -0.2) is 26.8 Å². The molecule has 3 rings (SSSR count). The third kappa shape index (κ3) is 5.64. The van der Waals surface area contributed by atoms with E-state index < -0.39 is 10.0 Å². The monoisotopic (exact) mass is 401 g/mol. The fourth-order valence-corrected chi connectivity index (χ4v) is 3.64. The molecule has 2 amide bonds. The van der Waals surface area contributed by atoms with Crippen molar-refractivity contribution in [1.82, 2.24) is 10.0 Å². The molecule has 0 saturated heterocycles. The van der Waals surface area contributed by atoms with Gasteiger partial charge < -0.3 is 10.6 Å². The molecule has 1 fully saturated rings.